The molecule has 1 N–H and O–H groups in total. The van der Waals surface area contributed by atoms with Gasteiger partial charge in [-0.3, -0.25) is 0 Å². The Morgan fingerprint density at radius 2 is 1.77 bits per heavy atom. The van der Waals surface area contributed by atoms with E-state index in [-0.39, 0.29) is 12.2 Å². The summed E-state index contributed by atoms with van der Waals surface area (Å²) in [4.78, 5) is 9.30. The van der Waals surface area contributed by atoms with Gasteiger partial charge < -0.3 is 19.5 Å². The monoisotopic (exact) mass is 502 g/mol. The molecule has 3 aliphatic rings. The highest BCUT2D eigenvalue weighted by atomic mass is 32.2. The Kier molecular flexibility index (Phi) is 7.13. The second-order valence-corrected chi connectivity index (χ2v) is 11.9. The lowest BCUT2D eigenvalue weighted by Gasteiger charge is -2.36. The van der Waals surface area contributed by atoms with Gasteiger partial charge in [-0.1, -0.05) is 19.1 Å². The molecule has 3 fully saturated rings. The fraction of sp³-hybridized carbons (Fsp3) is 0.600. The molecule has 0 bridgehead atoms. The lowest BCUT2D eigenvalue weighted by atomic mass is 9.87. The third-order valence-electron chi connectivity index (χ3n) is 7.02. The summed E-state index contributed by atoms with van der Waals surface area (Å²) in [6.45, 7) is 4.29. The number of benzene rings is 1. The fourth-order valence-corrected chi connectivity index (χ4v) is 5.60. The fourth-order valence-electron chi connectivity index (χ4n) is 4.73. The number of anilines is 1. The third-order valence-corrected chi connectivity index (χ3v) is 8.26. The number of sulfonamides is 1. The summed E-state index contributed by atoms with van der Waals surface area (Å²) in [5.41, 5.74) is 1.67. The van der Waals surface area contributed by atoms with Crippen molar-refractivity contribution < 1.29 is 22.6 Å². The van der Waals surface area contributed by atoms with Gasteiger partial charge in [-0.15, -0.1) is 0 Å². The van der Waals surface area contributed by atoms with Crippen LogP contribution in [0.1, 0.15) is 39.0 Å². The molecule has 5 rings (SSSR count). The van der Waals surface area contributed by atoms with Crippen LogP contribution in [-0.4, -0.2) is 73.5 Å². The maximum Gasteiger partial charge on any atom is 0.226 e. The average molecular weight is 503 g/mol. The van der Waals surface area contributed by atoms with E-state index < -0.39 is 10.0 Å². The molecule has 2 saturated heterocycles. The van der Waals surface area contributed by atoms with E-state index in [1.807, 2.05) is 24.3 Å². The number of nitrogens with zero attached hydrogens (tertiary/aromatic N) is 3. The molecule has 0 radical (unpaired) electrons. The first-order chi connectivity index (χ1) is 16.8. The van der Waals surface area contributed by atoms with Gasteiger partial charge >= 0.3 is 0 Å². The first-order valence-electron chi connectivity index (χ1n) is 12.4. The normalized spacial score (nSPS) is 25.7. The first kappa shape index (κ1) is 24.3. The van der Waals surface area contributed by atoms with Crippen LogP contribution in [0.5, 0.6) is 11.6 Å². The Morgan fingerprint density at radius 1 is 1.03 bits per heavy atom. The minimum atomic E-state index is -3.21. The van der Waals surface area contributed by atoms with Crippen molar-refractivity contribution >= 4 is 16.0 Å². The molecule has 1 aromatic heterocycles. The Labute approximate surface area is 207 Å². The van der Waals surface area contributed by atoms with E-state index >= 15 is 0 Å². The molecular weight excluding hydrogens is 468 g/mol. The Balaban J connectivity index is 1.33. The number of nitrogens with one attached hydrogen (secondary N) is 1. The van der Waals surface area contributed by atoms with E-state index in [2.05, 4.69) is 17.2 Å². The summed E-state index contributed by atoms with van der Waals surface area (Å²) in [6, 6.07) is 8.15. The van der Waals surface area contributed by atoms with Gasteiger partial charge in [0.15, 0.2) is 0 Å². The van der Waals surface area contributed by atoms with Gasteiger partial charge in [0.25, 0.3) is 0 Å². The van der Waals surface area contributed by atoms with Gasteiger partial charge in [-0.2, -0.15) is 9.29 Å². The van der Waals surface area contributed by atoms with Crippen LogP contribution < -0.4 is 14.8 Å². The van der Waals surface area contributed by atoms with Gasteiger partial charge in [0, 0.05) is 18.7 Å². The molecule has 0 spiro atoms. The molecule has 1 aromatic carbocycles. The highest BCUT2D eigenvalue weighted by molar-refractivity contribution is 7.88. The molecule has 0 unspecified atom stereocenters. The predicted molar refractivity (Wildman–Crippen MR) is 133 cm³/mol. The number of hydrogen-bond donors (Lipinski definition) is 1. The third kappa shape index (κ3) is 6.05. The largest absolute Gasteiger partial charge is 0.488 e. The van der Waals surface area contributed by atoms with Crippen LogP contribution in [0.25, 0.3) is 11.1 Å². The van der Waals surface area contributed by atoms with E-state index in [9.17, 15) is 8.42 Å². The van der Waals surface area contributed by atoms with Crippen molar-refractivity contribution in [2.75, 3.05) is 37.9 Å². The van der Waals surface area contributed by atoms with Gasteiger partial charge in [0.2, 0.25) is 21.9 Å². The number of rotatable bonds is 8. The van der Waals surface area contributed by atoms with E-state index in [1.54, 1.807) is 6.20 Å². The van der Waals surface area contributed by atoms with E-state index in [0.29, 0.717) is 37.6 Å². The van der Waals surface area contributed by atoms with Crippen LogP contribution in [0.3, 0.4) is 0 Å². The second kappa shape index (κ2) is 10.3. The summed E-state index contributed by atoms with van der Waals surface area (Å²) < 4.78 is 42.5. The molecule has 2 aromatic rings. The van der Waals surface area contributed by atoms with Crippen molar-refractivity contribution in [1.82, 2.24) is 14.3 Å². The van der Waals surface area contributed by atoms with Gasteiger partial charge in [0.05, 0.1) is 38.1 Å². The van der Waals surface area contributed by atoms with E-state index in [1.165, 1.54) is 23.4 Å². The zero-order valence-corrected chi connectivity index (χ0v) is 21.2. The molecule has 9 nitrogen and oxygen atoms in total. The van der Waals surface area contributed by atoms with Gasteiger partial charge in [-0.05, 0) is 49.3 Å². The molecule has 0 amide bonds. The van der Waals surface area contributed by atoms with Crippen molar-refractivity contribution in [1.29, 1.82) is 0 Å². The number of hydrogen-bond acceptors (Lipinski definition) is 8. The molecule has 1 saturated carbocycles. The van der Waals surface area contributed by atoms with Gasteiger partial charge in [-0.25, -0.2) is 13.4 Å². The lowest BCUT2D eigenvalue weighted by molar-refractivity contribution is 0.0731. The van der Waals surface area contributed by atoms with Crippen molar-refractivity contribution in [2.24, 2.45) is 5.92 Å². The SMILES string of the molecule is CC1CCC(Nc2ncc(-c3ccc(O[C@@H]4CCOC4)cc3)c(OC3CN(S(C)(=O)=O)C3)n2)CC1. The molecule has 2 aliphatic heterocycles. The second-order valence-electron chi connectivity index (χ2n) is 9.96. The number of aromatic nitrogens is 2. The van der Waals surface area contributed by atoms with E-state index in [0.717, 1.165) is 48.7 Å². The van der Waals surface area contributed by atoms with Crippen molar-refractivity contribution in [3.63, 3.8) is 0 Å². The van der Waals surface area contributed by atoms with Crippen LogP contribution in [0.2, 0.25) is 0 Å². The van der Waals surface area contributed by atoms with Crippen molar-refractivity contribution in [3.05, 3.63) is 30.5 Å². The van der Waals surface area contributed by atoms with Crippen LogP contribution in [0, 0.1) is 5.92 Å². The molecule has 10 heteroatoms. The zero-order valence-electron chi connectivity index (χ0n) is 20.4. The Bertz CT molecular complexity index is 1110. The zero-order chi connectivity index (χ0) is 24.4. The van der Waals surface area contributed by atoms with Crippen molar-refractivity contribution in [2.45, 2.75) is 57.3 Å². The summed E-state index contributed by atoms with van der Waals surface area (Å²) in [5, 5.41) is 3.47. The maximum absolute atomic E-state index is 11.8. The molecule has 190 valence electrons. The predicted octanol–water partition coefficient (Wildman–Crippen LogP) is 3.32. The molecule has 1 atom stereocenters. The van der Waals surface area contributed by atoms with E-state index in [4.69, 9.17) is 19.2 Å². The molecule has 35 heavy (non-hydrogen) atoms. The first-order valence-corrected chi connectivity index (χ1v) is 14.3. The standard InChI is InChI=1S/C25H34N4O5S/c1-17-3-7-19(8-4-17)27-25-26-13-23(24(28-25)34-22-14-29(15-22)35(2,30)31)18-5-9-20(10-6-18)33-21-11-12-32-16-21/h5-6,9-10,13,17,19,21-22H,3-4,7-8,11-12,14-16H2,1-2H3,(H,26,27,28)/t17?,19?,21-/m1/s1. The quantitative estimate of drug-likeness (QED) is 0.586. The minimum Gasteiger partial charge on any atom is -0.488 e. The topological polar surface area (TPSA) is 103 Å². The summed E-state index contributed by atoms with van der Waals surface area (Å²) >= 11 is 0. The summed E-state index contributed by atoms with van der Waals surface area (Å²) in [6.07, 6.45) is 8.34. The van der Waals surface area contributed by atoms with Crippen LogP contribution in [0.4, 0.5) is 5.95 Å². The summed E-state index contributed by atoms with van der Waals surface area (Å²) in [7, 11) is -3.21. The summed E-state index contributed by atoms with van der Waals surface area (Å²) in [5.74, 6) is 2.56. The highest BCUT2D eigenvalue weighted by Crippen LogP contribution is 2.33. The van der Waals surface area contributed by atoms with Gasteiger partial charge in [0.1, 0.15) is 18.0 Å². The smallest absolute Gasteiger partial charge is 0.226 e. The average Bonchev–Trinajstić information content (AvgIpc) is 3.31. The molecular formula is C25H34N4O5S. The maximum atomic E-state index is 11.8. The van der Waals surface area contributed by atoms with Crippen LogP contribution in [0.15, 0.2) is 30.5 Å². The van der Waals surface area contributed by atoms with Crippen molar-refractivity contribution in [3.8, 4) is 22.8 Å². The van der Waals surface area contributed by atoms with Crippen LogP contribution >= 0.6 is 0 Å². The van der Waals surface area contributed by atoms with Crippen LogP contribution in [-0.2, 0) is 14.8 Å². The Morgan fingerprint density at radius 3 is 2.43 bits per heavy atom. The number of ether oxygens (including phenoxy) is 3. The lowest BCUT2D eigenvalue weighted by Crippen LogP contribution is -2.55. The minimum absolute atomic E-state index is 0.0904. The highest BCUT2D eigenvalue weighted by Gasteiger charge is 2.35. The molecule has 3 heterocycles. The Hall–Kier alpha value is -2.43. The molecule has 1 aliphatic carbocycles.